The van der Waals surface area contributed by atoms with Crippen molar-refractivity contribution in [3.63, 3.8) is 0 Å². The zero-order chi connectivity index (χ0) is 10.9. The summed E-state index contributed by atoms with van der Waals surface area (Å²) in [5, 5.41) is 0. The van der Waals surface area contributed by atoms with E-state index in [2.05, 4.69) is 35.1 Å². The fourth-order valence-corrected chi connectivity index (χ4v) is 1.52. The molecule has 0 unspecified atom stereocenters. The number of hydrogen-bond acceptors (Lipinski definition) is 2. The van der Waals surface area contributed by atoms with Gasteiger partial charge in [-0.25, -0.2) is 0 Å². The Kier molecular flexibility index (Phi) is 5.54. The first kappa shape index (κ1) is 11.8. The molecule has 2 nitrogen and oxygen atoms in total. The van der Waals surface area contributed by atoms with Crippen molar-refractivity contribution in [3.8, 4) is 12.3 Å². The fraction of sp³-hybridized carbons (Fsp3) is 0.385. The van der Waals surface area contributed by atoms with E-state index < -0.39 is 0 Å². The molecule has 0 fully saturated rings. The van der Waals surface area contributed by atoms with E-state index in [0.717, 1.165) is 26.1 Å². The summed E-state index contributed by atoms with van der Waals surface area (Å²) in [6.07, 6.45) is 6.04. The maximum Gasteiger partial charge on any atom is 0.0234 e. The molecule has 0 saturated heterocycles. The van der Waals surface area contributed by atoms with Crippen molar-refractivity contribution in [3.05, 3.63) is 35.9 Å². The third-order valence-corrected chi connectivity index (χ3v) is 2.27. The van der Waals surface area contributed by atoms with Crippen LogP contribution in [-0.2, 0) is 6.54 Å². The van der Waals surface area contributed by atoms with Gasteiger partial charge in [-0.05, 0) is 5.56 Å². The molecule has 0 heterocycles. The molecular formula is C13H18N2. The topological polar surface area (TPSA) is 29.3 Å². The normalized spacial score (nSPS) is 10.2. The second-order valence-corrected chi connectivity index (χ2v) is 3.50. The van der Waals surface area contributed by atoms with E-state index in [9.17, 15) is 0 Å². The van der Waals surface area contributed by atoms with E-state index in [1.165, 1.54) is 5.56 Å². The average Bonchev–Trinajstić information content (AvgIpc) is 2.28. The summed E-state index contributed by atoms with van der Waals surface area (Å²) in [5.41, 5.74) is 6.87. The number of hydrogen-bond donors (Lipinski definition) is 1. The standard InChI is InChI=1S/C13H18N2/c1-2-3-10-15(11-9-14)12-13-7-5-4-6-8-13/h1,4-8H,3,9-12,14H2. The van der Waals surface area contributed by atoms with Crippen LogP contribution in [-0.4, -0.2) is 24.5 Å². The highest BCUT2D eigenvalue weighted by atomic mass is 15.1. The van der Waals surface area contributed by atoms with Crippen LogP contribution in [0.2, 0.25) is 0 Å². The van der Waals surface area contributed by atoms with Gasteiger partial charge in [-0.3, -0.25) is 4.90 Å². The van der Waals surface area contributed by atoms with E-state index in [1.807, 2.05) is 6.07 Å². The molecule has 1 aromatic rings. The highest BCUT2D eigenvalue weighted by molar-refractivity contribution is 5.14. The quantitative estimate of drug-likeness (QED) is 0.708. The fourth-order valence-electron chi connectivity index (χ4n) is 1.52. The van der Waals surface area contributed by atoms with Crippen molar-refractivity contribution in [1.82, 2.24) is 4.90 Å². The zero-order valence-corrected chi connectivity index (χ0v) is 9.02. The minimum absolute atomic E-state index is 0.678. The molecular weight excluding hydrogens is 184 g/mol. The monoisotopic (exact) mass is 202 g/mol. The molecule has 15 heavy (non-hydrogen) atoms. The minimum atomic E-state index is 0.678. The molecule has 0 atom stereocenters. The van der Waals surface area contributed by atoms with Crippen LogP contribution in [0.1, 0.15) is 12.0 Å². The van der Waals surface area contributed by atoms with E-state index >= 15 is 0 Å². The number of nitrogens with zero attached hydrogens (tertiary/aromatic N) is 1. The summed E-state index contributed by atoms with van der Waals surface area (Å²) in [5.74, 6) is 2.66. The molecule has 0 bridgehead atoms. The Balaban J connectivity index is 2.47. The van der Waals surface area contributed by atoms with Crippen molar-refractivity contribution in [1.29, 1.82) is 0 Å². The molecule has 0 amide bonds. The zero-order valence-electron chi connectivity index (χ0n) is 9.02. The molecule has 0 aliphatic carbocycles. The predicted molar refractivity (Wildman–Crippen MR) is 64.2 cm³/mol. The van der Waals surface area contributed by atoms with Crippen LogP contribution in [0.3, 0.4) is 0 Å². The lowest BCUT2D eigenvalue weighted by Gasteiger charge is -2.20. The van der Waals surface area contributed by atoms with Gasteiger partial charge in [-0.2, -0.15) is 0 Å². The molecule has 0 aliphatic rings. The van der Waals surface area contributed by atoms with Crippen molar-refractivity contribution in [2.45, 2.75) is 13.0 Å². The Morgan fingerprint density at radius 1 is 1.20 bits per heavy atom. The summed E-state index contributed by atoms with van der Waals surface area (Å²) >= 11 is 0. The molecule has 0 saturated carbocycles. The Morgan fingerprint density at radius 3 is 2.53 bits per heavy atom. The number of benzene rings is 1. The first-order valence-electron chi connectivity index (χ1n) is 5.26. The molecule has 0 spiro atoms. The number of rotatable bonds is 6. The predicted octanol–water partition coefficient (Wildman–Crippen LogP) is 1.47. The lowest BCUT2D eigenvalue weighted by Crippen LogP contribution is -2.29. The highest BCUT2D eigenvalue weighted by Crippen LogP contribution is 2.04. The molecule has 80 valence electrons. The Morgan fingerprint density at radius 2 is 1.93 bits per heavy atom. The van der Waals surface area contributed by atoms with Crippen molar-refractivity contribution < 1.29 is 0 Å². The summed E-state index contributed by atoms with van der Waals surface area (Å²) in [6, 6.07) is 10.4. The van der Waals surface area contributed by atoms with Gasteiger partial charge in [-0.1, -0.05) is 30.3 Å². The van der Waals surface area contributed by atoms with E-state index in [0.29, 0.717) is 6.54 Å². The second kappa shape index (κ2) is 7.05. The van der Waals surface area contributed by atoms with Gasteiger partial charge >= 0.3 is 0 Å². The largest absolute Gasteiger partial charge is 0.329 e. The van der Waals surface area contributed by atoms with Gasteiger partial charge in [0.15, 0.2) is 0 Å². The van der Waals surface area contributed by atoms with Gasteiger partial charge in [-0.15, -0.1) is 12.3 Å². The second-order valence-electron chi connectivity index (χ2n) is 3.50. The van der Waals surface area contributed by atoms with Crippen molar-refractivity contribution in [2.24, 2.45) is 5.73 Å². The minimum Gasteiger partial charge on any atom is -0.329 e. The number of terminal acetylenes is 1. The van der Waals surface area contributed by atoms with Crippen LogP contribution in [0.4, 0.5) is 0 Å². The molecule has 0 aromatic heterocycles. The summed E-state index contributed by atoms with van der Waals surface area (Å²) in [6.45, 7) is 3.43. The van der Waals surface area contributed by atoms with Crippen LogP contribution in [0.15, 0.2) is 30.3 Å². The van der Waals surface area contributed by atoms with Crippen LogP contribution < -0.4 is 5.73 Å². The van der Waals surface area contributed by atoms with Gasteiger partial charge in [0.05, 0.1) is 0 Å². The third kappa shape index (κ3) is 4.64. The Labute approximate surface area is 92.1 Å². The highest BCUT2D eigenvalue weighted by Gasteiger charge is 2.03. The van der Waals surface area contributed by atoms with Crippen LogP contribution in [0.25, 0.3) is 0 Å². The molecule has 0 radical (unpaired) electrons. The Hall–Kier alpha value is -1.30. The van der Waals surface area contributed by atoms with Crippen molar-refractivity contribution >= 4 is 0 Å². The molecule has 0 aliphatic heterocycles. The summed E-state index contributed by atoms with van der Waals surface area (Å²) < 4.78 is 0. The number of nitrogens with two attached hydrogens (primary N) is 1. The van der Waals surface area contributed by atoms with Gasteiger partial charge in [0.2, 0.25) is 0 Å². The maximum absolute atomic E-state index is 5.56. The van der Waals surface area contributed by atoms with Gasteiger partial charge in [0, 0.05) is 32.6 Å². The third-order valence-electron chi connectivity index (χ3n) is 2.27. The van der Waals surface area contributed by atoms with E-state index in [-0.39, 0.29) is 0 Å². The van der Waals surface area contributed by atoms with Gasteiger partial charge in [0.25, 0.3) is 0 Å². The van der Waals surface area contributed by atoms with E-state index in [1.54, 1.807) is 0 Å². The average molecular weight is 202 g/mol. The molecule has 2 heteroatoms. The molecule has 2 N–H and O–H groups in total. The van der Waals surface area contributed by atoms with Gasteiger partial charge < -0.3 is 5.73 Å². The summed E-state index contributed by atoms with van der Waals surface area (Å²) in [4.78, 5) is 2.29. The van der Waals surface area contributed by atoms with Crippen molar-refractivity contribution in [2.75, 3.05) is 19.6 Å². The van der Waals surface area contributed by atoms with Gasteiger partial charge in [0.1, 0.15) is 0 Å². The molecule has 1 rings (SSSR count). The lowest BCUT2D eigenvalue weighted by molar-refractivity contribution is 0.280. The first-order chi connectivity index (χ1) is 7.36. The van der Waals surface area contributed by atoms with E-state index in [4.69, 9.17) is 12.2 Å². The molecule has 1 aromatic carbocycles. The SMILES string of the molecule is C#CCCN(CCN)Cc1ccccc1. The Bertz CT molecular complexity index is 300. The maximum atomic E-state index is 5.56. The lowest BCUT2D eigenvalue weighted by atomic mass is 10.2. The first-order valence-corrected chi connectivity index (χ1v) is 5.26. The smallest absolute Gasteiger partial charge is 0.0234 e. The van der Waals surface area contributed by atoms with Crippen LogP contribution in [0.5, 0.6) is 0 Å². The van der Waals surface area contributed by atoms with Crippen LogP contribution in [0, 0.1) is 12.3 Å². The van der Waals surface area contributed by atoms with Crippen LogP contribution >= 0.6 is 0 Å². The summed E-state index contributed by atoms with van der Waals surface area (Å²) in [7, 11) is 0.